The first-order chi connectivity index (χ1) is 6.59. The van der Waals surface area contributed by atoms with Crippen LogP contribution in [0.1, 0.15) is 19.5 Å². The van der Waals surface area contributed by atoms with Crippen LogP contribution in [0.3, 0.4) is 0 Å². The van der Waals surface area contributed by atoms with E-state index in [0.29, 0.717) is 11.8 Å². The smallest absolute Gasteiger partial charge is 0.144 e. The van der Waals surface area contributed by atoms with Gasteiger partial charge in [0.2, 0.25) is 0 Å². The van der Waals surface area contributed by atoms with Crippen LogP contribution < -0.4 is 5.73 Å². The topological polar surface area (TPSA) is 51.3 Å². The van der Waals surface area contributed by atoms with E-state index in [-0.39, 0.29) is 0 Å². The number of hydrogen-bond donors (Lipinski definition) is 1. The van der Waals surface area contributed by atoms with Gasteiger partial charge in [0.25, 0.3) is 0 Å². The fourth-order valence-corrected chi connectivity index (χ4v) is 1.12. The molecule has 0 atom stereocenters. The molecular weight excluding hydrogens is 242 g/mol. The third-order valence-corrected chi connectivity index (χ3v) is 2.09. The third kappa shape index (κ3) is 3.46. The van der Waals surface area contributed by atoms with E-state index in [9.17, 15) is 0 Å². The third-order valence-electron chi connectivity index (χ3n) is 1.62. The standard InChI is InChI=1S/C10H14BrN3/c1-7(2)5-14-10(12)9-4-3-8(11)6-13-9/h3-4,6-7H,5H2,1-2H3,(H2,12,14). The van der Waals surface area contributed by atoms with Crippen LogP contribution in [-0.4, -0.2) is 17.4 Å². The van der Waals surface area contributed by atoms with Crippen molar-refractivity contribution in [3.05, 3.63) is 28.5 Å². The van der Waals surface area contributed by atoms with Crippen molar-refractivity contribution in [2.24, 2.45) is 16.6 Å². The Hall–Kier alpha value is -0.900. The second kappa shape index (κ2) is 5.10. The van der Waals surface area contributed by atoms with Gasteiger partial charge in [0.05, 0.1) is 0 Å². The zero-order valence-electron chi connectivity index (χ0n) is 8.37. The number of aliphatic imine (C=N–C) groups is 1. The molecule has 0 aliphatic heterocycles. The van der Waals surface area contributed by atoms with Crippen LogP contribution in [0.25, 0.3) is 0 Å². The summed E-state index contributed by atoms with van der Waals surface area (Å²) in [4.78, 5) is 8.39. The van der Waals surface area contributed by atoms with Crippen molar-refractivity contribution < 1.29 is 0 Å². The Morgan fingerprint density at radius 2 is 2.29 bits per heavy atom. The molecule has 1 aromatic rings. The first-order valence-electron chi connectivity index (χ1n) is 4.51. The number of nitrogens with two attached hydrogens (primary N) is 1. The average Bonchev–Trinajstić information content (AvgIpc) is 2.15. The van der Waals surface area contributed by atoms with E-state index in [1.54, 1.807) is 6.20 Å². The van der Waals surface area contributed by atoms with Gasteiger partial charge in [-0.2, -0.15) is 0 Å². The normalized spacial score (nSPS) is 12.1. The molecule has 14 heavy (non-hydrogen) atoms. The molecular formula is C10H14BrN3. The minimum Gasteiger partial charge on any atom is -0.382 e. The van der Waals surface area contributed by atoms with Crippen LogP contribution in [-0.2, 0) is 0 Å². The van der Waals surface area contributed by atoms with Crippen molar-refractivity contribution in [2.75, 3.05) is 6.54 Å². The van der Waals surface area contributed by atoms with Gasteiger partial charge in [-0.05, 0) is 34.0 Å². The van der Waals surface area contributed by atoms with Crippen molar-refractivity contribution in [3.63, 3.8) is 0 Å². The lowest BCUT2D eigenvalue weighted by Crippen LogP contribution is -2.16. The predicted molar refractivity (Wildman–Crippen MR) is 62.4 cm³/mol. The van der Waals surface area contributed by atoms with Crippen molar-refractivity contribution in [1.29, 1.82) is 0 Å². The monoisotopic (exact) mass is 255 g/mol. The van der Waals surface area contributed by atoms with E-state index in [4.69, 9.17) is 5.73 Å². The van der Waals surface area contributed by atoms with E-state index < -0.39 is 0 Å². The fourth-order valence-electron chi connectivity index (χ4n) is 0.889. The van der Waals surface area contributed by atoms with E-state index in [2.05, 4.69) is 39.8 Å². The summed E-state index contributed by atoms with van der Waals surface area (Å²) < 4.78 is 0.943. The van der Waals surface area contributed by atoms with Crippen molar-refractivity contribution >= 4 is 21.8 Å². The molecule has 0 radical (unpaired) electrons. The number of rotatable bonds is 3. The molecule has 0 unspecified atom stereocenters. The lowest BCUT2D eigenvalue weighted by molar-refractivity contribution is 0.665. The van der Waals surface area contributed by atoms with Gasteiger partial charge in [-0.1, -0.05) is 13.8 Å². The zero-order valence-corrected chi connectivity index (χ0v) is 9.95. The molecule has 4 heteroatoms. The van der Waals surface area contributed by atoms with Crippen LogP contribution in [0.4, 0.5) is 0 Å². The van der Waals surface area contributed by atoms with Crippen LogP contribution in [0.2, 0.25) is 0 Å². The molecule has 0 bridgehead atoms. The van der Waals surface area contributed by atoms with Crippen molar-refractivity contribution in [2.45, 2.75) is 13.8 Å². The molecule has 3 nitrogen and oxygen atoms in total. The molecule has 1 aromatic heterocycles. The predicted octanol–water partition coefficient (Wildman–Crippen LogP) is 2.21. The fraction of sp³-hybridized carbons (Fsp3) is 0.400. The van der Waals surface area contributed by atoms with Gasteiger partial charge in [0, 0.05) is 17.2 Å². The summed E-state index contributed by atoms with van der Waals surface area (Å²) in [7, 11) is 0. The molecule has 0 fully saturated rings. The lowest BCUT2D eigenvalue weighted by atomic mass is 10.2. The zero-order chi connectivity index (χ0) is 10.6. The Labute approximate surface area is 92.6 Å². The largest absolute Gasteiger partial charge is 0.382 e. The minimum absolute atomic E-state index is 0.506. The van der Waals surface area contributed by atoms with Gasteiger partial charge >= 0.3 is 0 Å². The lowest BCUT2D eigenvalue weighted by Gasteiger charge is -2.02. The highest BCUT2D eigenvalue weighted by molar-refractivity contribution is 9.10. The molecule has 0 saturated carbocycles. The maximum Gasteiger partial charge on any atom is 0.144 e. The molecule has 0 amide bonds. The molecule has 0 aromatic carbocycles. The number of aromatic nitrogens is 1. The molecule has 0 saturated heterocycles. The van der Waals surface area contributed by atoms with Gasteiger partial charge in [-0.25, -0.2) is 0 Å². The van der Waals surface area contributed by atoms with Crippen molar-refractivity contribution in [1.82, 2.24) is 4.98 Å². The van der Waals surface area contributed by atoms with Crippen LogP contribution >= 0.6 is 15.9 Å². The Balaban J connectivity index is 2.73. The first kappa shape index (κ1) is 11.2. The van der Waals surface area contributed by atoms with Gasteiger partial charge in [0.1, 0.15) is 11.5 Å². The maximum absolute atomic E-state index is 5.77. The highest BCUT2D eigenvalue weighted by atomic mass is 79.9. The van der Waals surface area contributed by atoms with Crippen LogP contribution in [0.5, 0.6) is 0 Å². The van der Waals surface area contributed by atoms with Crippen LogP contribution in [0, 0.1) is 5.92 Å². The molecule has 0 aliphatic rings. The second-order valence-electron chi connectivity index (χ2n) is 3.48. The van der Waals surface area contributed by atoms with E-state index in [1.165, 1.54) is 0 Å². The first-order valence-corrected chi connectivity index (χ1v) is 5.30. The summed E-state index contributed by atoms with van der Waals surface area (Å²) in [5.74, 6) is 1.02. The number of amidine groups is 1. The van der Waals surface area contributed by atoms with Crippen LogP contribution in [0.15, 0.2) is 27.8 Å². The molecule has 0 spiro atoms. The van der Waals surface area contributed by atoms with Gasteiger partial charge in [-0.15, -0.1) is 0 Å². The summed E-state index contributed by atoms with van der Waals surface area (Å²) in [6.45, 7) is 4.95. The van der Waals surface area contributed by atoms with E-state index in [0.717, 1.165) is 16.7 Å². The Bertz CT molecular complexity index is 317. The summed E-state index contributed by atoms with van der Waals surface area (Å²) in [5.41, 5.74) is 6.50. The van der Waals surface area contributed by atoms with E-state index >= 15 is 0 Å². The highest BCUT2D eigenvalue weighted by Crippen LogP contribution is 2.07. The summed E-state index contributed by atoms with van der Waals surface area (Å²) in [6.07, 6.45) is 1.72. The van der Waals surface area contributed by atoms with Gasteiger partial charge < -0.3 is 5.73 Å². The highest BCUT2D eigenvalue weighted by Gasteiger charge is 1.99. The summed E-state index contributed by atoms with van der Waals surface area (Å²) in [5, 5.41) is 0. The summed E-state index contributed by atoms with van der Waals surface area (Å²) >= 11 is 3.31. The minimum atomic E-state index is 0.506. The number of nitrogens with zero attached hydrogens (tertiary/aromatic N) is 2. The molecule has 1 heterocycles. The molecule has 1 rings (SSSR count). The molecule has 76 valence electrons. The number of halogens is 1. The Morgan fingerprint density at radius 1 is 1.57 bits per heavy atom. The Morgan fingerprint density at radius 3 is 2.79 bits per heavy atom. The quantitative estimate of drug-likeness (QED) is 0.665. The van der Waals surface area contributed by atoms with E-state index in [1.807, 2.05) is 12.1 Å². The number of pyridine rings is 1. The summed E-state index contributed by atoms with van der Waals surface area (Å²) in [6, 6.07) is 3.75. The molecule has 2 N–H and O–H groups in total. The average molecular weight is 256 g/mol. The second-order valence-corrected chi connectivity index (χ2v) is 4.40. The van der Waals surface area contributed by atoms with Gasteiger partial charge in [0.15, 0.2) is 0 Å². The van der Waals surface area contributed by atoms with Gasteiger partial charge in [-0.3, -0.25) is 9.98 Å². The maximum atomic E-state index is 5.77. The SMILES string of the molecule is CC(C)CN=C(N)c1ccc(Br)cn1. The Kier molecular flexibility index (Phi) is 4.07. The van der Waals surface area contributed by atoms with Crippen molar-refractivity contribution in [3.8, 4) is 0 Å². The molecule has 0 aliphatic carbocycles. The number of hydrogen-bond acceptors (Lipinski definition) is 2.